The van der Waals surface area contributed by atoms with Gasteiger partial charge in [-0.2, -0.15) is 5.10 Å². The van der Waals surface area contributed by atoms with Crippen molar-refractivity contribution in [3.63, 3.8) is 0 Å². The van der Waals surface area contributed by atoms with Gasteiger partial charge in [0.1, 0.15) is 18.2 Å². The highest BCUT2D eigenvalue weighted by atomic mass is 19.1. The summed E-state index contributed by atoms with van der Waals surface area (Å²) in [6, 6.07) is 16.9. The van der Waals surface area contributed by atoms with Gasteiger partial charge >= 0.3 is 0 Å². The summed E-state index contributed by atoms with van der Waals surface area (Å²) in [7, 11) is 0. The fraction of sp³-hybridized carbons (Fsp3) is 0.316. The number of hydrogen-bond acceptors (Lipinski definition) is 7. The monoisotopic (exact) mass is 658 g/mol. The third-order valence-electron chi connectivity index (χ3n) is 9.69. The molecule has 0 spiro atoms. The van der Waals surface area contributed by atoms with E-state index in [0.717, 1.165) is 95.5 Å². The fourth-order valence-electron chi connectivity index (χ4n) is 7.13. The molecule has 2 aliphatic rings. The molecule has 11 heteroatoms. The molecule has 1 amide bonds. The van der Waals surface area contributed by atoms with Crippen LogP contribution in [-0.2, 0) is 4.79 Å². The predicted octanol–water partition coefficient (Wildman–Crippen LogP) is 6.78. The number of ether oxygens (including phenoxy) is 1. The van der Waals surface area contributed by atoms with Crippen LogP contribution in [0.15, 0.2) is 73.2 Å². The van der Waals surface area contributed by atoms with Crippen molar-refractivity contribution in [1.29, 1.82) is 0 Å². The van der Waals surface area contributed by atoms with Gasteiger partial charge in [-0.3, -0.25) is 19.8 Å². The molecule has 8 rings (SSSR count). The number of pyridine rings is 2. The Kier molecular flexibility index (Phi) is 8.76. The first kappa shape index (κ1) is 31.2. The number of carbonyl (C=O) groups excluding carboxylic acids is 1. The van der Waals surface area contributed by atoms with Crippen LogP contribution in [-0.4, -0.2) is 75.3 Å². The second-order valence-corrected chi connectivity index (χ2v) is 13.1. The number of likely N-dealkylation sites (tertiary alicyclic amines) is 1. The third kappa shape index (κ3) is 6.90. The van der Waals surface area contributed by atoms with E-state index >= 15 is 0 Å². The lowest BCUT2D eigenvalue weighted by Gasteiger charge is -2.21. The van der Waals surface area contributed by atoms with Gasteiger partial charge in [-0.1, -0.05) is 12.1 Å². The van der Waals surface area contributed by atoms with Crippen molar-refractivity contribution in [2.24, 2.45) is 5.92 Å². The SMILES string of the molecule is O=C(CC1CCNCC1)Nc1cncc(-c2cnc3n[nH]c(-c4cc5c(-c6cc(F)cc(OCCN7CCCC7)c6)cccc5[nH]4)c3c2)c1. The molecule has 0 atom stereocenters. The zero-order chi connectivity index (χ0) is 33.2. The van der Waals surface area contributed by atoms with Crippen LogP contribution in [0, 0.1) is 11.7 Å². The third-order valence-corrected chi connectivity index (χ3v) is 9.69. The molecule has 10 nitrogen and oxygen atoms in total. The Balaban J connectivity index is 1.05. The number of aromatic nitrogens is 5. The number of amides is 1. The zero-order valence-electron chi connectivity index (χ0n) is 27.3. The minimum atomic E-state index is -0.334. The second kappa shape index (κ2) is 13.8. The number of piperidine rings is 1. The van der Waals surface area contributed by atoms with Crippen LogP contribution in [0.4, 0.5) is 10.1 Å². The van der Waals surface area contributed by atoms with Gasteiger partial charge in [0.2, 0.25) is 5.91 Å². The molecule has 0 saturated carbocycles. The molecular formula is C38H39FN8O2. The average Bonchev–Trinajstić information content (AvgIpc) is 3.88. The van der Waals surface area contributed by atoms with Gasteiger partial charge in [0, 0.05) is 58.8 Å². The number of carbonyl (C=O) groups is 1. The second-order valence-electron chi connectivity index (χ2n) is 13.1. The molecule has 2 saturated heterocycles. The van der Waals surface area contributed by atoms with Crippen molar-refractivity contribution in [2.45, 2.75) is 32.1 Å². The molecule has 0 bridgehead atoms. The van der Waals surface area contributed by atoms with Crippen LogP contribution in [0.2, 0.25) is 0 Å². The molecule has 4 aromatic heterocycles. The number of aromatic amines is 2. The van der Waals surface area contributed by atoms with Gasteiger partial charge in [-0.15, -0.1) is 0 Å². The Labute approximate surface area is 283 Å². The van der Waals surface area contributed by atoms with E-state index in [1.54, 1.807) is 24.7 Å². The highest BCUT2D eigenvalue weighted by Crippen LogP contribution is 2.36. The number of rotatable bonds is 10. The highest BCUT2D eigenvalue weighted by molar-refractivity contribution is 6.01. The van der Waals surface area contributed by atoms with Crippen LogP contribution < -0.4 is 15.4 Å². The maximum absolute atomic E-state index is 14.9. The summed E-state index contributed by atoms with van der Waals surface area (Å²) in [6.07, 6.45) is 10.2. The van der Waals surface area contributed by atoms with Crippen molar-refractivity contribution >= 4 is 33.5 Å². The summed E-state index contributed by atoms with van der Waals surface area (Å²) in [5.41, 5.74) is 7.11. The molecule has 0 unspecified atom stereocenters. The summed E-state index contributed by atoms with van der Waals surface area (Å²) in [5, 5.41) is 15.8. The van der Waals surface area contributed by atoms with Crippen molar-refractivity contribution in [1.82, 2.24) is 35.4 Å². The molecule has 2 aromatic carbocycles. The van der Waals surface area contributed by atoms with Crippen LogP contribution in [0.25, 0.3) is 55.6 Å². The van der Waals surface area contributed by atoms with E-state index in [4.69, 9.17) is 4.74 Å². The first-order valence-corrected chi connectivity index (χ1v) is 17.1. The lowest BCUT2D eigenvalue weighted by molar-refractivity contribution is -0.117. The smallest absolute Gasteiger partial charge is 0.224 e. The van der Waals surface area contributed by atoms with E-state index < -0.39 is 0 Å². The van der Waals surface area contributed by atoms with Gasteiger partial charge < -0.3 is 20.4 Å². The Morgan fingerprint density at radius 3 is 2.69 bits per heavy atom. The number of nitrogens with zero attached hydrogens (tertiary/aromatic N) is 4. The van der Waals surface area contributed by atoms with E-state index in [2.05, 4.69) is 46.7 Å². The Hall–Kier alpha value is -5.13. The van der Waals surface area contributed by atoms with Crippen molar-refractivity contribution in [3.05, 3.63) is 79.0 Å². The molecule has 4 N–H and O–H groups in total. The van der Waals surface area contributed by atoms with Gasteiger partial charge in [0.25, 0.3) is 0 Å². The van der Waals surface area contributed by atoms with E-state index in [-0.39, 0.29) is 11.7 Å². The molecule has 0 aliphatic carbocycles. The standard InChI is InChI=1S/C38H39FN8O2/c39-28-15-25(17-30(19-28)49-13-12-47-10-1-2-11-47)31-4-3-5-34-32(31)20-35(44-34)37-33-18-27(22-42-38(33)46-45-37)26-16-29(23-41-21-26)43-36(48)14-24-6-8-40-9-7-24/h3-5,15-24,40,44H,1-2,6-14H2,(H,43,48)(H,42,45,46). The molecule has 250 valence electrons. The van der Waals surface area contributed by atoms with Crippen LogP contribution in [0.5, 0.6) is 5.75 Å². The molecule has 0 radical (unpaired) electrons. The predicted molar refractivity (Wildman–Crippen MR) is 190 cm³/mol. The Morgan fingerprint density at radius 1 is 0.959 bits per heavy atom. The molecule has 2 aliphatic heterocycles. The van der Waals surface area contributed by atoms with E-state index in [0.29, 0.717) is 36.0 Å². The number of benzene rings is 2. The zero-order valence-corrected chi connectivity index (χ0v) is 27.3. The molecule has 49 heavy (non-hydrogen) atoms. The fourth-order valence-corrected chi connectivity index (χ4v) is 7.13. The molecular weight excluding hydrogens is 619 g/mol. The largest absolute Gasteiger partial charge is 0.492 e. The summed E-state index contributed by atoms with van der Waals surface area (Å²) in [5.74, 6) is 0.604. The number of hydrogen-bond donors (Lipinski definition) is 4. The molecule has 6 aromatic rings. The summed E-state index contributed by atoms with van der Waals surface area (Å²) in [6.45, 7) is 5.49. The Bertz CT molecular complexity index is 2110. The number of anilines is 1. The van der Waals surface area contributed by atoms with Gasteiger partial charge in [0.05, 0.1) is 23.3 Å². The molecule has 6 heterocycles. The van der Waals surface area contributed by atoms with E-state index in [9.17, 15) is 9.18 Å². The number of nitrogens with one attached hydrogen (secondary N) is 4. The van der Waals surface area contributed by atoms with Gasteiger partial charge in [-0.25, -0.2) is 9.37 Å². The van der Waals surface area contributed by atoms with Crippen molar-refractivity contribution < 1.29 is 13.9 Å². The topological polar surface area (TPSA) is 124 Å². The summed E-state index contributed by atoms with van der Waals surface area (Å²) >= 11 is 0. The first-order chi connectivity index (χ1) is 24.1. The highest BCUT2D eigenvalue weighted by Gasteiger charge is 2.19. The number of fused-ring (bicyclic) bond motifs is 2. The minimum Gasteiger partial charge on any atom is -0.492 e. The van der Waals surface area contributed by atoms with Crippen LogP contribution in [0.3, 0.4) is 0 Å². The summed E-state index contributed by atoms with van der Waals surface area (Å²) < 4.78 is 20.9. The quantitative estimate of drug-likeness (QED) is 0.128. The maximum Gasteiger partial charge on any atom is 0.224 e. The van der Waals surface area contributed by atoms with Crippen LogP contribution in [0.1, 0.15) is 32.1 Å². The maximum atomic E-state index is 14.9. The number of H-pyrrole nitrogens is 2. The average molecular weight is 659 g/mol. The van der Waals surface area contributed by atoms with Crippen molar-refractivity contribution in [2.75, 3.05) is 44.6 Å². The van der Waals surface area contributed by atoms with Gasteiger partial charge in [-0.05, 0) is 105 Å². The van der Waals surface area contributed by atoms with E-state index in [1.165, 1.54) is 18.9 Å². The summed E-state index contributed by atoms with van der Waals surface area (Å²) in [4.78, 5) is 27.7. The van der Waals surface area contributed by atoms with Gasteiger partial charge in [0.15, 0.2) is 5.65 Å². The van der Waals surface area contributed by atoms with E-state index in [1.807, 2.05) is 36.4 Å². The van der Waals surface area contributed by atoms with Crippen LogP contribution >= 0.6 is 0 Å². The minimum absolute atomic E-state index is 0.00855. The first-order valence-electron chi connectivity index (χ1n) is 17.1. The lowest BCUT2D eigenvalue weighted by Crippen LogP contribution is -2.30. The lowest BCUT2D eigenvalue weighted by atomic mass is 9.94. The normalized spacial score (nSPS) is 15.7. The van der Waals surface area contributed by atoms with Crippen molar-refractivity contribution in [3.8, 4) is 39.4 Å². The molecule has 2 fully saturated rings. The Morgan fingerprint density at radius 2 is 1.82 bits per heavy atom. The number of halogens is 1.